The number of aromatic nitrogens is 2. The third-order valence-corrected chi connectivity index (χ3v) is 6.04. The fourth-order valence-electron chi connectivity index (χ4n) is 3.63. The second-order valence-electron chi connectivity index (χ2n) is 7.69. The van der Waals surface area contributed by atoms with E-state index in [9.17, 15) is 14.4 Å². The molecule has 10 heteroatoms. The first-order valence-corrected chi connectivity index (χ1v) is 11.8. The molecule has 0 aliphatic carbocycles. The quantitative estimate of drug-likeness (QED) is 0.421. The molecule has 0 unspecified atom stereocenters. The molecular weight excluding hydrogens is 549 g/mol. The maximum absolute atomic E-state index is 13.2. The molecule has 176 valence electrons. The van der Waals surface area contributed by atoms with Gasteiger partial charge in [0.1, 0.15) is 0 Å². The van der Waals surface area contributed by atoms with Crippen molar-refractivity contribution >= 4 is 39.4 Å². The summed E-state index contributed by atoms with van der Waals surface area (Å²) in [6.07, 6.45) is 5.28. The Balaban J connectivity index is 1.58. The molecule has 0 radical (unpaired) electrons. The van der Waals surface area contributed by atoms with Crippen LogP contribution in [0.2, 0.25) is 0 Å². The number of fused-ring (bicyclic) bond motifs is 1. The van der Waals surface area contributed by atoms with Gasteiger partial charge in [-0.05, 0) is 77.1 Å². The molecule has 0 spiro atoms. The minimum absolute atomic E-state index is 0.154. The smallest absolute Gasteiger partial charge is 0.331 e. The van der Waals surface area contributed by atoms with Gasteiger partial charge in [0.2, 0.25) is 0 Å². The third-order valence-electron chi connectivity index (χ3n) is 5.37. The molecule has 0 saturated carbocycles. The van der Waals surface area contributed by atoms with Crippen molar-refractivity contribution in [3.8, 4) is 0 Å². The largest absolute Gasteiger partial charge is 0.348 e. The summed E-state index contributed by atoms with van der Waals surface area (Å²) < 4.78 is 3.64. The van der Waals surface area contributed by atoms with Gasteiger partial charge in [0.25, 0.3) is 11.5 Å². The zero-order valence-electron chi connectivity index (χ0n) is 18.7. The van der Waals surface area contributed by atoms with Crippen molar-refractivity contribution in [2.24, 2.45) is 7.05 Å². The highest BCUT2D eigenvalue weighted by Gasteiger charge is 2.15. The summed E-state index contributed by atoms with van der Waals surface area (Å²) in [6.45, 7) is 2.86. The van der Waals surface area contributed by atoms with Gasteiger partial charge in [0.05, 0.1) is 30.3 Å². The number of halogens is 1. The number of benzene rings is 2. The molecular formula is C24H24IN5O4. The monoisotopic (exact) mass is 573 g/mol. The standard InChI is InChI=1S/C24H24IN5O4/c1-3-34-30-10-9-17(14-27-30)13-26-22(31)18-7-8-21-20(12-18)23(32)29(24(33)28(21)2)15-16-5-4-6-19(25)11-16/h4-12,14,27H,3,13,15H2,1-2H3,(H,26,31). The number of nitrogens with zero attached hydrogens (tertiary/aromatic N) is 3. The highest BCUT2D eigenvalue weighted by atomic mass is 127. The first kappa shape index (κ1) is 23.8. The normalized spacial score (nSPS) is 13.0. The first-order chi connectivity index (χ1) is 16.4. The Morgan fingerprint density at radius 3 is 2.71 bits per heavy atom. The molecule has 34 heavy (non-hydrogen) atoms. The van der Waals surface area contributed by atoms with Gasteiger partial charge in [-0.3, -0.25) is 29.0 Å². The Labute approximate surface area is 209 Å². The third kappa shape index (κ3) is 5.07. The Morgan fingerprint density at radius 1 is 1.18 bits per heavy atom. The number of hydrogen-bond donors (Lipinski definition) is 2. The Bertz CT molecular complexity index is 1420. The number of rotatable bonds is 7. The van der Waals surface area contributed by atoms with Crippen LogP contribution in [0, 0.1) is 3.57 Å². The van der Waals surface area contributed by atoms with Crippen LogP contribution in [-0.2, 0) is 18.4 Å². The predicted octanol–water partition coefficient (Wildman–Crippen LogP) is 2.25. The molecule has 3 aromatic rings. The zero-order chi connectivity index (χ0) is 24.2. The number of amides is 1. The van der Waals surface area contributed by atoms with Gasteiger partial charge >= 0.3 is 5.69 Å². The summed E-state index contributed by atoms with van der Waals surface area (Å²) in [5.74, 6) is -0.319. The van der Waals surface area contributed by atoms with E-state index in [-0.39, 0.29) is 12.5 Å². The van der Waals surface area contributed by atoms with Crippen molar-refractivity contribution in [3.63, 3.8) is 0 Å². The molecule has 0 bridgehead atoms. The van der Waals surface area contributed by atoms with E-state index in [1.54, 1.807) is 31.6 Å². The zero-order valence-corrected chi connectivity index (χ0v) is 20.9. The lowest BCUT2D eigenvalue weighted by Gasteiger charge is -2.22. The van der Waals surface area contributed by atoms with Crippen molar-refractivity contribution in [3.05, 3.63) is 102 Å². The second kappa shape index (κ2) is 10.3. The lowest BCUT2D eigenvalue weighted by atomic mass is 10.1. The molecule has 1 aliphatic rings. The van der Waals surface area contributed by atoms with Gasteiger partial charge in [0, 0.05) is 28.9 Å². The summed E-state index contributed by atoms with van der Waals surface area (Å²) >= 11 is 2.19. The summed E-state index contributed by atoms with van der Waals surface area (Å²) in [4.78, 5) is 44.2. The van der Waals surface area contributed by atoms with Crippen LogP contribution >= 0.6 is 22.6 Å². The van der Waals surface area contributed by atoms with Gasteiger partial charge in [-0.2, -0.15) is 5.17 Å². The Morgan fingerprint density at radius 2 is 2.00 bits per heavy atom. The average molecular weight is 573 g/mol. The van der Waals surface area contributed by atoms with Crippen LogP contribution in [0.4, 0.5) is 0 Å². The van der Waals surface area contributed by atoms with Crippen LogP contribution in [0.25, 0.3) is 10.9 Å². The fraction of sp³-hybridized carbons (Fsp3) is 0.208. The number of hydrazine groups is 1. The van der Waals surface area contributed by atoms with Crippen LogP contribution in [0.3, 0.4) is 0 Å². The molecule has 0 fully saturated rings. The van der Waals surface area contributed by atoms with Gasteiger partial charge in [-0.15, -0.1) is 0 Å². The van der Waals surface area contributed by atoms with E-state index in [0.717, 1.165) is 14.7 Å². The lowest BCUT2D eigenvalue weighted by molar-refractivity contribution is -0.143. The summed E-state index contributed by atoms with van der Waals surface area (Å²) in [5.41, 5.74) is 4.63. The Kier molecular flexibility index (Phi) is 7.17. The topological polar surface area (TPSA) is 97.6 Å². The fourth-order valence-corrected chi connectivity index (χ4v) is 4.24. The lowest BCUT2D eigenvalue weighted by Crippen LogP contribution is -2.39. The van der Waals surface area contributed by atoms with Gasteiger partial charge in [-0.25, -0.2) is 4.79 Å². The van der Waals surface area contributed by atoms with Crippen LogP contribution in [0.15, 0.2) is 76.1 Å². The van der Waals surface area contributed by atoms with E-state index < -0.39 is 11.2 Å². The van der Waals surface area contributed by atoms with Crippen molar-refractivity contribution in [2.75, 3.05) is 13.2 Å². The molecule has 4 rings (SSSR count). The molecule has 2 N–H and O–H groups in total. The number of nitrogens with one attached hydrogen (secondary N) is 2. The molecule has 2 aromatic carbocycles. The van der Waals surface area contributed by atoms with Crippen LogP contribution < -0.4 is 22.0 Å². The molecule has 1 aliphatic heterocycles. The van der Waals surface area contributed by atoms with Crippen molar-refractivity contribution in [1.29, 1.82) is 0 Å². The molecule has 1 aromatic heterocycles. The number of hydroxylamine groups is 1. The predicted molar refractivity (Wildman–Crippen MR) is 138 cm³/mol. The minimum atomic E-state index is -0.426. The highest BCUT2D eigenvalue weighted by molar-refractivity contribution is 14.1. The molecule has 9 nitrogen and oxygen atoms in total. The van der Waals surface area contributed by atoms with Crippen molar-refractivity contribution in [2.45, 2.75) is 13.5 Å². The van der Waals surface area contributed by atoms with E-state index in [1.807, 2.05) is 37.3 Å². The molecule has 1 amide bonds. The maximum Gasteiger partial charge on any atom is 0.331 e. The van der Waals surface area contributed by atoms with E-state index in [4.69, 9.17) is 4.84 Å². The number of carbonyl (C=O) groups is 1. The van der Waals surface area contributed by atoms with E-state index in [2.05, 4.69) is 33.3 Å². The van der Waals surface area contributed by atoms with Crippen LogP contribution in [0.5, 0.6) is 0 Å². The summed E-state index contributed by atoms with van der Waals surface area (Å²) in [5, 5.41) is 4.63. The minimum Gasteiger partial charge on any atom is -0.348 e. The molecule has 0 atom stereocenters. The van der Waals surface area contributed by atoms with Crippen LogP contribution in [0.1, 0.15) is 22.8 Å². The Hall–Kier alpha value is -3.38. The SMILES string of the molecule is CCON1C=CC(CNC(=O)c2ccc3c(c2)c(=O)n(Cc2cccc(I)c2)c(=O)n3C)=CN1. The van der Waals surface area contributed by atoms with E-state index in [0.29, 0.717) is 29.6 Å². The summed E-state index contributed by atoms with van der Waals surface area (Å²) in [7, 11) is 1.62. The van der Waals surface area contributed by atoms with Gasteiger partial charge in [-0.1, -0.05) is 12.1 Å². The maximum atomic E-state index is 13.2. The number of aryl methyl sites for hydroxylation is 1. The van der Waals surface area contributed by atoms with Crippen molar-refractivity contribution < 1.29 is 9.63 Å². The first-order valence-electron chi connectivity index (χ1n) is 10.7. The van der Waals surface area contributed by atoms with Crippen molar-refractivity contribution in [1.82, 2.24) is 25.0 Å². The van der Waals surface area contributed by atoms with Gasteiger partial charge < -0.3 is 5.32 Å². The van der Waals surface area contributed by atoms with E-state index >= 15 is 0 Å². The van der Waals surface area contributed by atoms with Crippen LogP contribution in [-0.4, -0.2) is 33.4 Å². The number of hydrogen-bond acceptors (Lipinski definition) is 6. The highest BCUT2D eigenvalue weighted by Crippen LogP contribution is 2.13. The summed E-state index contributed by atoms with van der Waals surface area (Å²) in [6, 6.07) is 12.4. The second-order valence-corrected chi connectivity index (χ2v) is 8.93. The van der Waals surface area contributed by atoms with E-state index in [1.165, 1.54) is 20.4 Å². The molecule has 0 saturated heterocycles. The van der Waals surface area contributed by atoms with Gasteiger partial charge in [0.15, 0.2) is 0 Å². The average Bonchev–Trinajstić information content (AvgIpc) is 2.84. The molecule has 2 heterocycles. The number of carbonyl (C=O) groups excluding carboxylic acids is 1.